The molecule has 0 radical (unpaired) electrons. The lowest BCUT2D eigenvalue weighted by Crippen LogP contribution is -2.07. The lowest BCUT2D eigenvalue weighted by Gasteiger charge is -2.03. The van der Waals surface area contributed by atoms with Crippen molar-refractivity contribution in [1.82, 2.24) is 4.98 Å². The van der Waals surface area contributed by atoms with Crippen molar-refractivity contribution in [2.75, 3.05) is 5.32 Å². The van der Waals surface area contributed by atoms with Gasteiger partial charge in [-0.25, -0.2) is 4.98 Å². The van der Waals surface area contributed by atoms with Crippen LogP contribution in [0, 0.1) is 24.0 Å². The average molecular weight is 379 g/mol. The Labute approximate surface area is 160 Å². The molecule has 0 unspecified atom stereocenters. The number of carbonyl (C=O) groups is 1. The second-order valence-corrected chi connectivity index (χ2v) is 6.89. The number of anilines is 1. The number of thiazole rings is 1. The summed E-state index contributed by atoms with van der Waals surface area (Å²) < 4.78 is 0. The number of rotatable bonds is 5. The predicted octanol–water partition coefficient (Wildman–Crippen LogP) is 4.99. The molecule has 2 aromatic carbocycles. The fourth-order valence-electron chi connectivity index (χ4n) is 2.49. The minimum absolute atomic E-state index is 0.0124. The Bertz CT molecular complexity index is 1020. The summed E-state index contributed by atoms with van der Waals surface area (Å²) in [6, 6.07) is 12.1. The third-order valence-corrected chi connectivity index (χ3v) is 4.69. The van der Waals surface area contributed by atoms with E-state index in [1.807, 2.05) is 19.2 Å². The topological polar surface area (TPSA) is 85.1 Å². The second-order valence-electron chi connectivity index (χ2n) is 6.03. The van der Waals surface area contributed by atoms with Crippen LogP contribution in [0.25, 0.3) is 17.3 Å². The fraction of sp³-hybridized carbons (Fsp3) is 0.100. The summed E-state index contributed by atoms with van der Waals surface area (Å²) in [4.78, 5) is 26.8. The second kappa shape index (κ2) is 7.92. The van der Waals surface area contributed by atoms with Gasteiger partial charge in [0.15, 0.2) is 5.13 Å². The van der Waals surface area contributed by atoms with E-state index in [9.17, 15) is 14.9 Å². The minimum Gasteiger partial charge on any atom is -0.298 e. The number of amides is 1. The largest absolute Gasteiger partial charge is 0.298 e. The number of benzene rings is 2. The maximum Gasteiger partial charge on any atom is 0.269 e. The van der Waals surface area contributed by atoms with Gasteiger partial charge < -0.3 is 0 Å². The monoisotopic (exact) mass is 379 g/mol. The molecular formula is C20H17N3O3S. The van der Waals surface area contributed by atoms with E-state index < -0.39 is 4.92 Å². The third-order valence-electron chi connectivity index (χ3n) is 3.93. The van der Waals surface area contributed by atoms with E-state index in [0.717, 1.165) is 22.4 Å². The number of nitro groups is 1. The molecule has 136 valence electrons. The molecule has 0 saturated heterocycles. The van der Waals surface area contributed by atoms with Gasteiger partial charge in [0.2, 0.25) is 5.91 Å². The van der Waals surface area contributed by atoms with Crippen LogP contribution in [-0.2, 0) is 4.79 Å². The Hall–Kier alpha value is -3.32. The molecule has 0 aliphatic rings. The van der Waals surface area contributed by atoms with Crippen molar-refractivity contribution in [3.8, 4) is 11.3 Å². The third kappa shape index (κ3) is 4.65. The molecule has 0 fully saturated rings. The SMILES string of the molecule is Cc1ccc(C)c(-c2csc(NC(=O)C=Cc3ccc([N+](=O)[O-])cc3)n2)c1. The van der Waals surface area contributed by atoms with Gasteiger partial charge >= 0.3 is 0 Å². The number of non-ortho nitro benzene ring substituents is 1. The van der Waals surface area contributed by atoms with E-state index >= 15 is 0 Å². The van der Waals surface area contributed by atoms with E-state index in [1.54, 1.807) is 18.2 Å². The molecule has 27 heavy (non-hydrogen) atoms. The molecule has 3 aromatic rings. The van der Waals surface area contributed by atoms with Crippen LogP contribution in [0.15, 0.2) is 53.9 Å². The summed E-state index contributed by atoms with van der Waals surface area (Å²) in [6.45, 7) is 4.06. The highest BCUT2D eigenvalue weighted by Crippen LogP contribution is 2.28. The molecule has 0 atom stereocenters. The number of hydrogen-bond acceptors (Lipinski definition) is 5. The fourth-order valence-corrected chi connectivity index (χ4v) is 3.21. The molecule has 1 amide bonds. The predicted molar refractivity (Wildman–Crippen MR) is 108 cm³/mol. The maximum absolute atomic E-state index is 12.1. The summed E-state index contributed by atoms with van der Waals surface area (Å²) in [5.74, 6) is -0.310. The number of aryl methyl sites for hydroxylation is 2. The smallest absolute Gasteiger partial charge is 0.269 e. The van der Waals surface area contributed by atoms with Crippen LogP contribution in [0.1, 0.15) is 16.7 Å². The van der Waals surface area contributed by atoms with Crippen molar-refractivity contribution in [2.45, 2.75) is 13.8 Å². The van der Waals surface area contributed by atoms with Gasteiger partial charge in [0.1, 0.15) is 0 Å². The van der Waals surface area contributed by atoms with Gasteiger partial charge in [-0.3, -0.25) is 20.2 Å². The summed E-state index contributed by atoms with van der Waals surface area (Å²) in [6.07, 6.45) is 2.97. The van der Waals surface area contributed by atoms with E-state index in [1.165, 1.54) is 29.5 Å². The van der Waals surface area contributed by atoms with Gasteiger partial charge in [-0.1, -0.05) is 17.7 Å². The highest BCUT2D eigenvalue weighted by molar-refractivity contribution is 7.14. The normalized spacial score (nSPS) is 10.9. The molecule has 1 aromatic heterocycles. The molecule has 0 aliphatic carbocycles. The Morgan fingerprint density at radius 2 is 1.93 bits per heavy atom. The number of nitrogens with one attached hydrogen (secondary N) is 1. The van der Waals surface area contributed by atoms with Gasteiger partial charge in [-0.05, 0) is 49.2 Å². The van der Waals surface area contributed by atoms with E-state index in [2.05, 4.69) is 28.5 Å². The number of hydrogen-bond donors (Lipinski definition) is 1. The quantitative estimate of drug-likeness (QED) is 0.384. The van der Waals surface area contributed by atoms with Crippen molar-refractivity contribution < 1.29 is 9.72 Å². The molecular weight excluding hydrogens is 362 g/mol. The molecule has 0 aliphatic heterocycles. The Kier molecular flexibility index (Phi) is 5.42. The molecule has 0 bridgehead atoms. The Morgan fingerprint density at radius 1 is 1.19 bits per heavy atom. The van der Waals surface area contributed by atoms with Crippen LogP contribution in [0.5, 0.6) is 0 Å². The zero-order valence-electron chi connectivity index (χ0n) is 14.8. The Balaban J connectivity index is 1.67. The van der Waals surface area contributed by atoms with Crippen LogP contribution in [0.4, 0.5) is 10.8 Å². The first-order valence-electron chi connectivity index (χ1n) is 8.19. The number of nitro benzene ring substituents is 1. The molecule has 0 spiro atoms. The van der Waals surface area contributed by atoms with Gasteiger partial charge in [-0.15, -0.1) is 11.3 Å². The number of aromatic nitrogens is 1. The van der Waals surface area contributed by atoms with Crippen LogP contribution in [-0.4, -0.2) is 15.8 Å². The molecule has 6 nitrogen and oxygen atoms in total. The summed E-state index contributed by atoms with van der Waals surface area (Å²) in [7, 11) is 0. The van der Waals surface area contributed by atoms with Crippen molar-refractivity contribution in [3.63, 3.8) is 0 Å². The summed E-state index contributed by atoms with van der Waals surface area (Å²) in [5.41, 5.74) is 4.87. The van der Waals surface area contributed by atoms with Crippen LogP contribution in [0.3, 0.4) is 0 Å². The van der Waals surface area contributed by atoms with E-state index in [0.29, 0.717) is 10.7 Å². The molecule has 3 rings (SSSR count). The summed E-state index contributed by atoms with van der Waals surface area (Å²) in [5, 5.41) is 15.8. The highest BCUT2D eigenvalue weighted by atomic mass is 32.1. The van der Waals surface area contributed by atoms with Crippen LogP contribution in [0.2, 0.25) is 0 Å². The maximum atomic E-state index is 12.1. The molecule has 1 N–H and O–H groups in total. The standard InChI is InChI=1S/C20H17N3O3S/c1-13-3-4-14(2)17(11-13)18-12-27-20(21-18)22-19(24)10-7-15-5-8-16(9-6-15)23(25)26/h3-12H,1-2H3,(H,21,22,24). The van der Waals surface area contributed by atoms with Gasteiger partial charge in [-0.2, -0.15) is 0 Å². The van der Waals surface area contributed by atoms with Crippen LogP contribution < -0.4 is 5.32 Å². The molecule has 7 heteroatoms. The molecule has 1 heterocycles. The number of carbonyl (C=O) groups excluding carboxylic acids is 1. The van der Waals surface area contributed by atoms with Crippen molar-refractivity contribution in [2.24, 2.45) is 0 Å². The minimum atomic E-state index is -0.462. The first-order chi connectivity index (χ1) is 12.9. The van der Waals surface area contributed by atoms with Crippen molar-refractivity contribution in [3.05, 3.63) is 80.7 Å². The first kappa shape index (κ1) is 18.5. The zero-order chi connectivity index (χ0) is 19.4. The summed E-state index contributed by atoms with van der Waals surface area (Å²) >= 11 is 1.36. The average Bonchev–Trinajstić information content (AvgIpc) is 3.10. The lowest BCUT2D eigenvalue weighted by atomic mass is 10.0. The van der Waals surface area contributed by atoms with Crippen molar-refractivity contribution in [1.29, 1.82) is 0 Å². The zero-order valence-corrected chi connectivity index (χ0v) is 15.6. The van der Waals surface area contributed by atoms with Crippen molar-refractivity contribution >= 4 is 34.1 Å². The Morgan fingerprint density at radius 3 is 2.63 bits per heavy atom. The van der Waals surface area contributed by atoms with Gasteiger partial charge in [0.25, 0.3) is 5.69 Å². The lowest BCUT2D eigenvalue weighted by molar-refractivity contribution is -0.384. The van der Waals surface area contributed by atoms with E-state index in [4.69, 9.17) is 0 Å². The van der Waals surface area contributed by atoms with Gasteiger partial charge in [0, 0.05) is 29.2 Å². The van der Waals surface area contributed by atoms with E-state index in [-0.39, 0.29) is 11.6 Å². The van der Waals surface area contributed by atoms with Crippen LogP contribution >= 0.6 is 11.3 Å². The highest BCUT2D eigenvalue weighted by Gasteiger charge is 2.09. The van der Waals surface area contributed by atoms with Gasteiger partial charge in [0.05, 0.1) is 10.6 Å². The molecule has 0 saturated carbocycles. The number of nitrogens with zero attached hydrogens (tertiary/aromatic N) is 2. The first-order valence-corrected chi connectivity index (χ1v) is 9.07.